The van der Waals surface area contributed by atoms with Crippen LogP contribution < -0.4 is 10.1 Å². The smallest absolute Gasteiger partial charge is 0.261 e. The number of nitrogens with zero attached hydrogens (tertiary/aromatic N) is 1. The molecule has 1 N–H and O–H groups in total. The van der Waals surface area contributed by atoms with E-state index in [9.17, 15) is 9.59 Å². The van der Waals surface area contributed by atoms with Crippen molar-refractivity contribution in [1.82, 2.24) is 10.2 Å². The van der Waals surface area contributed by atoms with Crippen molar-refractivity contribution in [3.8, 4) is 5.75 Å². The zero-order chi connectivity index (χ0) is 27.1. The van der Waals surface area contributed by atoms with E-state index in [1.54, 1.807) is 4.90 Å². The fraction of sp³-hybridized carbons (Fsp3) is 0.394. The van der Waals surface area contributed by atoms with Gasteiger partial charge in [0.15, 0.2) is 6.61 Å². The van der Waals surface area contributed by atoms with Gasteiger partial charge in [-0.2, -0.15) is 0 Å². The molecule has 200 valence electrons. The summed E-state index contributed by atoms with van der Waals surface area (Å²) >= 11 is 0. The molecule has 0 aromatic heterocycles. The number of ether oxygens (including phenoxy) is 1. The summed E-state index contributed by atoms with van der Waals surface area (Å²) in [7, 11) is 0. The van der Waals surface area contributed by atoms with Crippen LogP contribution in [0.3, 0.4) is 0 Å². The lowest BCUT2D eigenvalue weighted by molar-refractivity contribution is -0.143. The number of benzene rings is 3. The van der Waals surface area contributed by atoms with Crippen LogP contribution in [0.25, 0.3) is 0 Å². The molecule has 1 atom stereocenters. The molecule has 1 fully saturated rings. The molecule has 38 heavy (non-hydrogen) atoms. The third-order valence-corrected chi connectivity index (χ3v) is 7.56. The van der Waals surface area contributed by atoms with Crippen molar-refractivity contribution in [2.45, 2.75) is 78.4 Å². The molecule has 3 aromatic carbocycles. The van der Waals surface area contributed by atoms with Gasteiger partial charge in [0.2, 0.25) is 5.91 Å². The van der Waals surface area contributed by atoms with E-state index < -0.39 is 6.04 Å². The van der Waals surface area contributed by atoms with Crippen molar-refractivity contribution >= 4 is 11.8 Å². The molecule has 2 amide bonds. The Morgan fingerprint density at radius 1 is 0.895 bits per heavy atom. The Bertz CT molecular complexity index is 1230. The Kier molecular flexibility index (Phi) is 9.22. The summed E-state index contributed by atoms with van der Waals surface area (Å²) in [4.78, 5) is 29.3. The van der Waals surface area contributed by atoms with Gasteiger partial charge in [0.1, 0.15) is 11.8 Å². The molecule has 0 spiro atoms. The molecule has 4 rings (SSSR count). The number of amides is 2. The lowest BCUT2D eigenvalue weighted by Crippen LogP contribution is -2.53. The van der Waals surface area contributed by atoms with Crippen LogP contribution in [0.4, 0.5) is 0 Å². The molecule has 0 radical (unpaired) electrons. The average molecular weight is 513 g/mol. The molecule has 1 aliphatic carbocycles. The molecule has 0 unspecified atom stereocenters. The second kappa shape index (κ2) is 12.8. The molecule has 5 heteroatoms. The van der Waals surface area contributed by atoms with Crippen LogP contribution in [0.1, 0.15) is 59.1 Å². The van der Waals surface area contributed by atoms with Crippen LogP contribution in [-0.4, -0.2) is 35.4 Å². The van der Waals surface area contributed by atoms with Crippen LogP contribution in [0.5, 0.6) is 5.75 Å². The molecule has 0 saturated heterocycles. The Morgan fingerprint density at radius 3 is 2.26 bits per heavy atom. The first-order chi connectivity index (χ1) is 18.3. The Morgan fingerprint density at radius 2 is 1.58 bits per heavy atom. The summed E-state index contributed by atoms with van der Waals surface area (Å²) in [5, 5.41) is 3.25. The predicted octanol–water partition coefficient (Wildman–Crippen LogP) is 6.00. The Hall–Kier alpha value is -3.60. The second-order valence-electron chi connectivity index (χ2n) is 10.7. The summed E-state index contributed by atoms with van der Waals surface area (Å²) < 4.78 is 6.09. The van der Waals surface area contributed by atoms with Crippen LogP contribution in [0.15, 0.2) is 66.7 Å². The first-order valence-electron chi connectivity index (χ1n) is 13.7. The Labute approximate surface area is 227 Å². The van der Waals surface area contributed by atoms with Crippen molar-refractivity contribution < 1.29 is 14.3 Å². The maximum absolute atomic E-state index is 13.9. The number of carbonyl (C=O) groups is 2. The summed E-state index contributed by atoms with van der Waals surface area (Å²) in [6, 6.07) is 21.7. The quantitative estimate of drug-likeness (QED) is 0.363. The maximum Gasteiger partial charge on any atom is 0.261 e. The standard InChI is InChI=1S/C33H40N2O3/c1-23-14-16-28(17-15-23)21-35(32(36)22-38-31-19-24(2)18-25(3)26(31)4)30(20-27-10-6-5-7-11-27)33(37)34-29-12-8-9-13-29/h5-7,10-11,14-19,29-30H,8-9,12-13,20-22H2,1-4H3,(H,34,37)/t30-/m1/s1. The SMILES string of the molecule is Cc1ccc(CN(C(=O)COc2cc(C)cc(C)c2C)[C@H](Cc2ccccc2)C(=O)NC2CCCC2)cc1. The van der Waals surface area contributed by atoms with Crippen LogP contribution in [-0.2, 0) is 22.6 Å². The minimum Gasteiger partial charge on any atom is -0.483 e. The minimum atomic E-state index is -0.643. The number of carbonyl (C=O) groups excluding carboxylic acids is 2. The van der Waals surface area contributed by atoms with Crippen molar-refractivity contribution in [1.29, 1.82) is 0 Å². The number of hydrogen-bond donors (Lipinski definition) is 1. The third kappa shape index (κ3) is 7.25. The van der Waals surface area contributed by atoms with E-state index >= 15 is 0 Å². The summed E-state index contributed by atoms with van der Waals surface area (Å²) in [5.41, 5.74) is 6.39. The molecule has 0 bridgehead atoms. The van der Waals surface area contributed by atoms with Crippen LogP contribution >= 0.6 is 0 Å². The van der Waals surface area contributed by atoms with Crippen molar-refractivity contribution in [2.24, 2.45) is 0 Å². The highest BCUT2D eigenvalue weighted by Crippen LogP contribution is 2.24. The monoisotopic (exact) mass is 512 g/mol. The summed E-state index contributed by atoms with van der Waals surface area (Å²) in [6.07, 6.45) is 4.68. The number of hydrogen-bond acceptors (Lipinski definition) is 3. The van der Waals surface area contributed by atoms with E-state index in [-0.39, 0.29) is 24.5 Å². The minimum absolute atomic E-state index is 0.0937. The molecule has 0 heterocycles. The van der Waals surface area contributed by atoms with E-state index in [2.05, 4.69) is 11.4 Å². The highest BCUT2D eigenvalue weighted by atomic mass is 16.5. The van der Waals surface area contributed by atoms with Crippen molar-refractivity contribution in [2.75, 3.05) is 6.61 Å². The zero-order valence-corrected chi connectivity index (χ0v) is 23.1. The predicted molar refractivity (Wildman–Crippen MR) is 152 cm³/mol. The van der Waals surface area contributed by atoms with E-state index in [4.69, 9.17) is 4.74 Å². The first-order valence-corrected chi connectivity index (χ1v) is 13.7. The van der Waals surface area contributed by atoms with E-state index in [1.165, 1.54) is 0 Å². The number of aryl methyl sites for hydroxylation is 3. The highest BCUT2D eigenvalue weighted by Gasteiger charge is 2.32. The van der Waals surface area contributed by atoms with E-state index in [1.807, 2.05) is 88.4 Å². The van der Waals surface area contributed by atoms with Gasteiger partial charge in [-0.15, -0.1) is 0 Å². The summed E-state index contributed by atoms with van der Waals surface area (Å²) in [5.74, 6) is 0.414. The van der Waals surface area contributed by atoms with E-state index in [0.717, 1.165) is 59.1 Å². The van der Waals surface area contributed by atoms with Gasteiger partial charge < -0.3 is 15.0 Å². The fourth-order valence-electron chi connectivity index (χ4n) is 5.18. The van der Waals surface area contributed by atoms with Crippen LogP contribution in [0, 0.1) is 27.7 Å². The van der Waals surface area contributed by atoms with Crippen molar-refractivity contribution in [3.05, 3.63) is 100 Å². The average Bonchev–Trinajstić information content (AvgIpc) is 3.42. The molecular weight excluding hydrogens is 472 g/mol. The molecule has 5 nitrogen and oxygen atoms in total. The largest absolute Gasteiger partial charge is 0.483 e. The molecule has 1 aliphatic rings. The molecule has 0 aliphatic heterocycles. The van der Waals surface area contributed by atoms with Gasteiger partial charge in [-0.3, -0.25) is 9.59 Å². The van der Waals surface area contributed by atoms with Gasteiger partial charge in [-0.05, 0) is 74.4 Å². The Balaban J connectivity index is 1.63. The normalized spacial score (nSPS) is 14.2. The maximum atomic E-state index is 13.9. The highest BCUT2D eigenvalue weighted by molar-refractivity contribution is 5.88. The third-order valence-electron chi connectivity index (χ3n) is 7.56. The van der Waals surface area contributed by atoms with Gasteiger partial charge >= 0.3 is 0 Å². The first kappa shape index (κ1) is 27.4. The topological polar surface area (TPSA) is 58.6 Å². The van der Waals surface area contributed by atoms with Gasteiger partial charge in [0, 0.05) is 19.0 Å². The lowest BCUT2D eigenvalue weighted by atomic mass is 10.0. The lowest BCUT2D eigenvalue weighted by Gasteiger charge is -2.32. The van der Waals surface area contributed by atoms with Crippen molar-refractivity contribution in [3.63, 3.8) is 0 Å². The van der Waals surface area contributed by atoms with Gasteiger partial charge in [0.25, 0.3) is 5.91 Å². The summed E-state index contributed by atoms with van der Waals surface area (Å²) in [6.45, 7) is 8.32. The molecular formula is C33H40N2O3. The number of rotatable bonds is 10. The fourth-order valence-corrected chi connectivity index (χ4v) is 5.18. The second-order valence-corrected chi connectivity index (χ2v) is 10.7. The van der Waals surface area contributed by atoms with Gasteiger partial charge in [-0.25, -0.2) is 0 Å². The van der Waals surface area contributed by atoms with E-state index in [0.29, 0.717) is 18.7 Å². The number of nitrogens with one attached hydrogen (secondary N) is 1. The van der Waals surface area contributed by atoms with Gasteiger partial charge in [0.05, 0.1) is 0 Å². The molecule has 1 saturated carbocycles. The van der Waals surface area contributed by atoms with Crippen LogP contribution in [0.2, 0.25) is 0 Å². The zero-order valence-electron chi connectivity index (χ0n) is 23.1. The molecule has 3 aromatic rings. The van der Waals surface area contributed by atoms with Gasteiger partial charge in [-0.1, -0.05) is 79.1 Å².